The van der Waals surface area contributed by atoms with Crippen molar-refractivity contribution in [3.05, 3.63) is 30.0 Å². The predicted octanol–water partition coefficient (Wildman–Crippen LogP) is 1.35. The number of likely N-dealkylation sites (tertiary alicyclic amines) is 1. The van der Waals surface area contributed by atoms with Crippen molar-refractivity contribution in [2.75, 3.05) is 25.5 Å². The van der Waals surface area contributed by atoms with E-state index in [9.17, 15) is 9.59 Å². The lowest BCUT2D eigenvalue weighted by Gasteiger charge is -2.28. The van der Waals surface area contributed by atoms with Crippen molar-refractivity contribution in [2.24, 2.45) is 0 Å². The second-order valence-electron chi connectivity index (χ2n) is 6.34. The third-order valence-corrected chi connectivity index (χ3v) is 4.85. The summed E-state index contributed by atoms with van der Waals surface area (Å²) < 4.78 is 4.84. The molecular weight excluding hydrogens is 306 g/mol. The number of aromatic nitrogens is 1. The van der Waals surface area contributed by atoms with Crippen LogP contribution in [0, 0.1) is 0 Å². The summed E-state index contributed by atoms with van der Waals surface area (Å²) in [6.07, 6.45) is 3.56. The number of benzene rings is 1. The normalized spacial score (nSPS) is 16.8. The second-order valence-corrected chi connectivity index (χ2v) is 6.34. The van der Waals surface area contributed by atoms with Crippen LogP contribution in [0.25, 0.3) is 10.9 Å². The van der Waals surface area contributed by atoms with Crippen LogP contribution < -0.4 is 10.2 Å². The first-order valence-corrected chi connectivity index (χ1v) is 8.46. The number of piperidine rings is 1. The van der Waals surface area contributed by atoms with Gasteiger partial charge in [-0.15, -0.1) is 0 Å². The van der Waals surface area contributed by atoms with Crippen molar-refractivity contribution in [3.8, 4) is 0 Å². The van der Waals surface area contributed by atoms with Gasteiger partial charge in [-0.3, -0.25) is 4.79 Å². The van der Waals surface area contributed by atoms with Gasteiger partial charge in [0.05, 0.1) is 25.9 Å². The molecule has 0 unspecified atom stereocenters. The monoisotopic (exact) mass is 330 g/mol. The number of quaternary nitrogens is 1. The highest BCUT2D eigenvalue weighted by atomic mass is 16.5. The number of H-pyrrole nitrogens is 1. The standard InChI is InChI=1S/C18H23N3O3/c1-12(21-10-6-3-7-11-21)17(22)20-15-13-8-4-5-9-14(13)19-16(15)18(23)24-2/h4-5,8-9,12,19H,3,6-7,10-11H2,1-2H3,(H,20,22)/p+1/t12-/m1/s1. The first kappa shape index (κ1) is 16.5. The predicted molar refractivity (Wildman–Crippen MR) is 92.3 cm³/mol. The Hall–Kier alpha value is -2.34. The molecule has 128 valence electrons. The van der Waals surface area contributed by atoms with Crippen molar-refractivity contribution < 1.29 is 19.2 Å². The summed E-state index contributed by atoms with van der Waals surface area (Å²) in [5, 5.41) is 3.77. The van der Waals surface area contributed by atoms with Gasteiger partial charge in [0, 0.05) is 10.9 Å². The van der Waals surface area contributed by atoms with E-state index in [1.54, 1.807) is 0 Å². The molecule has 3 N–H and O–H groups in total. The minimum Gasteiger partial charge on any atom is -0.464 e. The molecule has 1 amide bonds. The zero-order valence-electron chi connectivity index (χ0n) is 14.1. The molecule has 0 aliphatic carbocycles. The minimum absolute atomic E-state index is 0.0678. The molecule has 0 saturated carbocycles. The summed E-state index contributed by atoms with van der Waals surface area (Å²) in [5.74, 6) is -0.554. The molecule has 1 aromatic heterocycles. The number of amides is 1. The molecule has 0 bridgehead atoms. The topological polar surface area (TPSA) is 75.6 Å². The SMILES string of the molecule is COC(=O)c1[nH]c2ccccc2c1NC(=O)[C@@H](C)[NH+]1CCCCC1. The highest BCUT2D eigenvalue weighted by Gasteiger charge is 2.28. The number of hydrogen-bond acceptors (Lipinski definition) is 3. The minimum atomic E-state index is -0.487. The highest BCUT2D eigenvalue weighted by molar-refractivity contribution is 6.11. The third kappa shape index (κ3) is 3.14. The van der Waals surface area contributed by atoms with E-state index in [2.05, 4.69) is 10.3 Å². The Labute approximate surface area is 141 Å². The lowest BCUT2D eigenvalue weighted by molar-refractivity contribution is -0.918. The summed E-state index contributed by atoms with van der Waals surface area (Å²) in [7, 11) is 1.33. The summed E-state index contributed by atoms with van der Waals surface area (Å²) in [6.45, 7) is 3.99. The van der Waals surface area contributed by atoms with Gasteiger partial charge in [-0.25, -0.2) is 4.79 Å². The van der Waals surface area contributed by atoms with Crippen LogP contribution in [-0.2, 0) is 9.53 Å². The Balaban J connectivity index is 1.87. The number of esters is 1. The van der Waals surface area contributed by atoms with Crippen molar-refractivity contribution in [3.63, 3.8) is 0 Å². The number of methoxy groups -OCH3 is 1. The van der Waals surface area contributed by atoms with Gasteiger partial charge in [-0.2, -0.15) is 0 Å². The van der Waals surface area contributed by atoms with Crippen molar-refractivity contribution in [1.29, 1.82) is 0 Å². The maximum Gasteiger partial charge on any atom is 0.356 e. The summed E-state index contributed by atoms with van der Waals surface area (Å²) in [5.41, 5.74) is 1.59. The number of para-hydroxylation sites is 1. The molecule has 1 saturated heterocycles. The maximum atomic E-state index is 12.7. The molecule has 3 rings (SSSR count). The van der Waals surface area contributed by atoms with Gasteiger partial charge in [0.2, 0.25) is 0 Å². The molecule has 6 nitrogen and oxygen atoms in total. The van der Waals surface area contributed by atoms with E-state index in [0.717, 1.165) is 36.8 Å². The van der Waals surface area contributed by atoms with E-state index in [1.807, 2.05) is 31.2 Å². The van der Waals surface area contributed by atoms with Crippen LogP contribution in [0.1, 0.15) is 36.7 Å². The number of carbonyl (C=O) groups excluding carboxylic acids is 2. The van der Waals surface area contributed by atoms with E-state index < -0.39 is 5.97 Å². The Morgan fingerprint density at radius 3 is 2.62 bits per heavy atom. The van der Waals surface area contributed by atoms with Gasteiger partial charge in [-0.05, 0) is 32.3 Å². The molecule has 1 atom stereocenters. The van der Waals surface area contributed by atoms with Crippen LogP contribution in [-0.4, -0.2) is 43.1 Å². The highest BCUT2D eigenvalue weighted by Crippen LogP contribution is 2.28. The lowest BCUT2D eigenvalue weighted by atomic mass is 10.1. The Morgan fingerprint density at radius 2 is 1.92 bits per heavy atom. The van der Waals surface area contributed by atoms with Crippen LogP contribution in [0.5, 0.6) is 0 Å². The lowest BCUT2D eigenvalue weighted by Crippen LogP contribution is -3.17. The fraction of sp³-hybridized carbons (Fsp3) is 0.444. The fourth-order valence-corrected chi connectivity index (χ4v) is 3.38. The molecule has 1 aliphatic heterocycles. The van der Waals surface area contributed by atoms with Crippen molar-refractivity contribution in [1.82, 2.24) is 4.98 Å². The summed E-state index contributed by atoms with van der Waals surface area (Å²) in [4.78, 5) is 29.1. The third-order valence-electron chi connectivity index (χ3n) is 4.85. The Kier molecular flexibility index (Phi) is 4.85. The summed E-state index contributed by atoms with van der Waals surface area (Å²) in [6, 6.07) is 7.37. The number of anilines is 1. The molecule has 2 aromatic rings. The number of carbonyl (C=O) groups is 2. The molecule has 1 aliphatic rings. The molecule has 0 radical (unpaired) electrons. The Morgan fingerprint density at radius 1 is 1.21 bits per heavy atom. The van der Waals surface area contributed by atoms with Gasteiger partial charge in [0.1, 0.15) is 5.69 Å². The smallest absolute Gasteiger partial charge is 0.356 e. The molecular formula is C18H24N3O3+. The van der Waals surface area contributed by atoms with E-state index in [-0.39, 0.29) is 17.6 Å². The zero-order chi connectivity index (χ0) is 17.1. The van der Waals surface area contributed by atoms with Gasteiger partial charge >= 0.3 is 5.97 Å². The second kappa shape index (κ2) is 7.05. The first-order chi connectivity index (χ1) is 11.6. The van der Waals surface area contributed by atoms with Gasteiger partial charge in [0.25, 0.3) is 5.91 Å². The number of ether oxygens (including phenoxy) is 1. The quantitative estimate of drug-likeness (QED) is 0.741. The zero-order valence-corrected chi connectivity index (χ0v) is 14.1. The molecule has 0 spiro atoms. The van der Waals surface area contributed by atoms with Crippen molar-refractivity contribution in [2.45, 2.75) is 32.2 Å². The van der Waals surface area contributed by atoms with Crippen LogP contribution in [0.2, 0.25) is 0 Å². The van der Waals surface area contributed by atoms with E-state index in [4.69, 9.17) is 4.74 Å². The average molecular weight is 330 g/mol. The summed E-state index contributed by atoms with van der Waals surface area (Å²) >= 11 is 0. The van der Waals surface area contributed by atoms with Gasteiger partial charge < -0.3 is 19.9 Å². The number of rotatable bonds is 4. The molecule has 1 fully saturated rings. The molecule has 24 heavy (non-hydrogen) atoms. The maximum absolute atomic E-state index is 12.7. The molecule has 1 aromatic carbocycles. The van der Waals surface area contributed by atoms with E-state index in [1.165, 1.54) is 18.4 Å². The largest absolute Gasteiger partial charge is 0.464 e. The number of hydrogen-bond donors (Lipinski definition) is 3. The van der Waals surface area contributed by atoms with E-state index >= 15 is 0 Å². The van der Waals surface area contributed by atoms with Crippen LogP contribution in [0.15, 0.2) is 24.3 Å². The Bertz CT molecular complexity index is 747. The number of aromatic amines is 1. The van der Waals surface area contributed by atoms with E-state index in [0.29, 0.717) is 5.69 Å². The van der Waals surface area contributed by atoms with Crippen LogP contribution in [0.4, 0.5) is 5.69 Å². The average Bonchev–Trinajstić information content (AvgIpc) is 2.99. The van der Waals surface area contributed by atoms with Crippen molar-refractivity contribution >= 4 is 28.5 Å². The van der Waals surface area contributed by atoms with Gasteiger partial charge in [-0.1, -0.05) is 18.2 Å². The molecule has 6 heteroatoms. The van der Waals surface area contributed by atoms with Gasteiger partial charge in [0.15, 0.2) is 6.04 Å². The number of fused-ring (bicyclic) bond motifs is 1. The fourth-order valence-electron chi connectivity index (χ4n) is 3.38. The number of nitrogens with one attached hydrogen (secondary N) is 3. The van der Waals surface area contributed by atoms with Crippen LogP contribution in [0.3, 0.4) is 0 Å². The molecule has 2 heterocycles. The van der Waals surface area contributed by atoms with Crippen LogP contribution >= 0.6 is 0 Å². The first-order valence-electron chi connectivity index (χ1n) is 8.46.